The van der Waals surface area contributed by atoms with E-state index in [0.29, 0.717) is 6.07 Å². The van der Waals surface area contributed by atoms with Crippen molar-refractivity contribution in [2.75, 3.05) is 5.32 Å². The minimum atomic E-state index is -5.42. The summed E-state index contributed by atoms with van der Waals surface area (Å²) in [6, 6.07) is 1.53. The van der Waals surface area contributed by atoms with Crippen LogP contribution >= 0.6 is 0 Å². The van der Waals surface area contributed by atoms with Gasteiger partial charge < -0.3 is 0 Å². The zero-order valence-corrected chi connectivity index (χ0v) is 11.7. The summed E-state index contributed by atoms with van der Waals surface area (Å²) < 4.78 is 48.7. The molecule has 0 aliphatic rings. The molecule has 1 aromatic rings. The topological polar surface area (TPSA) is 144 Å². The molecule has 100 valence electrons. The van der Waals surface area contributed by atoms with Crippen molar-refractivity contribution in [3.8, 4) is 5.75 Å². The maximum absolute atomic E-state index is 11.3. The van der Waals surface area contributed by atoms with Gasteiger partial charge >= 0.3 is 107 Å². The number of anilines is 1. The SMILES string of the molecule is CC(=O)Nc1cc(O)c(S(=O)O)cc1[As](=O)(O)O. The summed E-state index contributed by atoms with van der Waals surface area (Å²) in [5.74, 6) is -1.25. The average Bonchev–Trinajstić information content (AvgIpc) is 2.13. The fraction of sp³-hybridized carbons (Fsp3) is 0.125. The van der Waals surface area contributed by atoms with Crippen LogP contribution in [0.4, 0.5) is 5.69 Å². The molecule has 1 aromatic carbocycles. The van der Waals surface area contributed by atoms with Crippen molar-refractivity contribution in [2.45, 2.75) is 11.8 Å². The fourth-order valence-corrected chi connectivity index (χ4v) is 3.41. The van der Waals surface area contributed by atoms with E-state index in [4.69, 9.17) is 12.7 Å². The number of benzene rings is 1. The van der Waals surface area contributed by atoms with Gasteiger partial charge in [0.15, 0.2) is 0 Å². The molecule has 0 fully saturated rings. The summed E-state index contributed by atoms with van der Waals surface area (Å²) in [5.41, 5.74) is -0.290. The Kier molecular flexibility index (Phi) is 4.36. The van der Waals surface area contributed by atoms with Crippen LogP contribution in [0.15, 0.2) is 17.0 Å². The van der Waals surface area contributed by atoms with Gasteiger partial charge in [-0.1, -0.05) is 0 Å². The van der Waals surface area contributed by atoms with Gasteiger partial charge in [0.25, 0.3) is 0 Å². The molecule has 0 aliphatic carbocycles. The fourth-order valence-electron chi connectivity index (χ4n) is 1.23. The van der Waals surface area contributed by atoms with Gasteiger partial charge in [-0.05, 0) is 0 Å². The third kappa shape index (κ3) is 3.44. The Labute approximate surface area is 107 Å². The Hall–Kier alpha value is -1.12. The molecule has 0 saturated heterocycles. The van der Waals surface area contributed by atoms with Crippen molar-refractivity contribution in [3.05, 3.63) is 12.1 Å². The monoisotopic (exact) mass is 339 g/mol. The molecular formula is C8H10AsNO7S. The molecule has 0 aromatic heterocycles. The number of aromatic hydroxyl groups is 1. The van der Waals surface area contributed by atoms with Crippen molar-refractivity contribution in [2.24, 2.45) is 0 Å². The van der Waals surface area contributed by atoms with Crippen LogP contribution in [0.3, 0.4) is 0 Å². The van der Waals surface area contributed by atoms with Gasteiger partial charge in [-0.25, -0.2) is 0 Å². The first-order valence-corrected chi connectivity index (χ1v) is 8.93. The molecule has 5 N–H and O–H groups in total. The Balaban J connectivity index is 3.52. The summed E-state index contributed by atoms with van der Waals surface area (Å²) in [5, 5.41) is 11.5. The number of phenolic OH excluding ortho intramolecular Hbond substituents is 1. The standard InChI is InChI=1S/C8H10AsNO7S/c1-4(11)10-6-3-7(12)8(18(16)17)2-5(6)9(13,14)15/h2-3,12H,1H3,(H,10,11)(H,16,17)(H2,13,14,15). The van der Waals surface area contributed by atoms with E-state index in [1.165, 1.54) is 0 Å². The van der Waals surface area contributed by atoms with E-state index in [1.807, 2.05) is 0 Å². The van der Waals surface area contributed by atoms with Crippen molar-refractivity contribution in [1.82, 2.24) is 0 Å². The number of rotatable bonds is 3. The number of nitrogens with one attached hydrogen (secondary N) is 1. The van der Waals surface area contributed by atoms with Crippen LogP contribution in [-0.4, -0.2) is 42.1 Å². The van der Waals surface area contributed by atoms with E-state index in [-0.39, 0.29) is 5.69 Å². The second kappa shape index (κ2) is 5.25. The molecule has 0 radical (unpaired) electrons. The molecule has 18 heavy (non-hydrogen) atoms. The maximum atomic E-state index is 11.3. The molecule has 1 unspecified atom stereocenters. The van der Waals surface area contributed by atoms with Gasteiger partial charge in [0, 0.05) is 0 Å². The quantitative estimate of drug-likeness (QED) is 0.333. The van der Waals surface area contributed by atoms with Gasteiger partial charge in [0.1, 0.15) is 0 Å². The summed E-state index contributed by atoms with van der Waals surface area (Å²) in [6.07, 6.45) is 0. The van der Waals surface area contributed by atoms with Crippen LogP contribution in [0.5, 0.6) is 5.75 Å². The predicted molar refractivity (Wildman–Crippen MR) is 62.0 cm³/mol. The summed E-state index contributed by atoms with van der Waals surface area (Å²) >= 11 is -8.02. The molecule has 0 aliphatic heterocycles. The van der Waals surface area contributed by atoms with Gasteiger partial charge in [-0.2, -0.15) is 0 Å². The van der Waals surface area contributed by atoms with E-state index in [0.717, 1.165) is 13.0 Å². The van der Waals surface area contributed by atoms with E-state index in [9.17, 15) is 17.8 Å². The van der Waals surface area contributed by atoms with Crippen molar-refractivity contribution in [1.29, 1.82) is 0 Å². The molecule has 1 rings (SSSR count). The van der Waals surface area contributed by atoms with Gasteiger partial charge in [-0.15, -0.1) is 0 Å². The van der Waals surface area contributed by atoms with E-state index in [2.05, 4.69) is 5.32 Å². The van der Waals surface area contributed by atoms with Crippen molar-refractivity contribution in [3.63, 3.8) is 0 Å². The van der Waals surface area contributed by atoms with E-state index in [1.54, 1.807) is 0 Å². The molecule has 8 nitrogen and oxygen atoms in total. The van der Waals surface area contributed by atoms with Crippen LogP contribution in [0.2, 0.25) is 0 Å². The van der Waals surface area contributed by atoms with Crippen LogP contribution in [0.25, 0.3) is 0 Å². The zero-order valence-electron chi connectivity index (χ0n) is 9.02. The first kappa shape index (κ1) is 14.9. The van der Waals surface area contributed by atoms with E-state index < -0.39 is 46.2 Å². The second-order valence-electron chi connectivity index (χ2n) is 3.31. The molecule has 0 heterocycles. The summed E-state index contributed by atoms with van der Waals surface area (Å²) in [6.45, 7) is 1.12. The van der Waals surface area contributed by atoms with Gasteiger partial charge in [0.2, 0.25) is 0 Å². The number of amides is 1. The molecule has 10 heteroatoms. The number of hydrogen-bond donors (Lipinski definition) is 5. The Morgan fingerprint density at radius 3 is 2.33 bits per heavy atom. The Morgan fingerprint density at radius 1 is 1.39 bits per heavy atom. The Morgan fingerprint density at radius 2 is 1.94 bits per heavy atom. The van der Waals surface area contributed by atoms with Crippen molar-refractivity contribution < 1.29 is 30.6 Å². The molecule has 0 bridgehead atoms. The number of phenols is 1. The summed E-state index contributed by atoms with van der Waals surface area (Å²) in [4.78, 5) is 10.3. The number of carbonyl (C=O) groups is 1. The third-order valence-electron chi connectivity index (χ3n) is 1.89. The van der Waals surface area contributed by atoms with Crippen LogP contribution in [0.1, 0.15) is 6.92 Å². The molecule has 1 atom stereocenters. The Bertz CT molecular complexity index is 567. The molecule has 1 amide bonds. The first-order valence-electron chi connectivity index (χ1n) is 4.44. The van der Waals surface area contributed by atoms with Crippen LogP contribution < -0.4 is 9.67 Å². The summed E-state index contributed by atoms with van der Waals surface area (Å²) in [7, 11) is 0. The van der Waals surface area contributed by atoms with Crippen molar-refractivity contribution >= 4 is 41.2 Å². The number of carbonyl (C=O) groups excluding carboxylic acids is 1. The van der Waals surface area contributed by atoms with Crippen LogP contribution in [0, 0.1) is 0 Å². The molecule has 0 saturated carbocycles. The van der Waals surface area contributed by atoms with Gasteiger partial charge in [0.05, 0.1) is 0 Å². The minimum absolute atomic E-state index is 0.290. The zero-order chi connectivity index (χ0) is 14.1. The third-order valence-corrected chi connectivity index (χ3v) is 4.69. The second-order valence-corrected chi connectivity index (χ2v) is 7.54. The number of hydrogen-bond acceptors (Lipinski definition) is 4. The van der Waals surface area contributed by atoms with E-state index >= 15 is 0 Å². The van der Waals surface area contributed by atoms with Crippen LogP contribution in [-0.2, 0) is 19.6 Å². The average molecular weight is 339 g/mol. The molecule has 0 spiro atoms. The normalized spacial score (nSPS) is 13.1. The first-order chi connectivity index (χ1) is 8.12. The molecular weight excluding hydrogens is 329 g/mol. The predicted octanol–water partition coefficient (Wildman–Crippen LogP) is -1.51. The van der Waals surface area contributed by atoms with Gasteiger partial charge in [-0.3, -0.25) is 0 Å².